The summed E-state index contributed by atoms with van der Waals surface area (Å²) in [5.74, 6) is 0.697. The number of hydrogen-bond acceptors (Lipinski definition) is 1. The highest BCUT2D eigenvalue weighted by atomic mass is 15.1. The average Bonchev–Trinajstić information content (AvgIpc) is 2.34. The van der Waals surface area contributed by atoms with Gasteiger partial charge in [0, 0.05) is 13.1 Å². The maximum absolute atomic E-state index is 3.75. The maximum Gasteiger partial charge on any atom is 0.0235 e. The number of rotatable bonds is 2. The minimum atomic E-state index is 0.697. The van der Waals surface area contributed by atoms with Crippen LogP contribution in [0.15, 0.2) is 25.4 Å². The molecule has 0 aromatic heterocycles. The molecule has 0 aliphatic carbocycles. The van der Waals surface area contributed by atoms with Crippen molar-refractivity contribution in [3.8, 4) is 0 Å². The summed E-state index contributed by atoms with van der Waals surface area (Å²) in [6.07, 6.45) is 5.18. The average molecular weight is 123 g/mol. The fourth-order valence-electron chi connectivity index (χ4n) is 1.17. The van der Waals surface area contributed by atoms with Gasteiger partial charge >= 0.3 is 0 Å². The molecule has 0 radical (unpaired) electrons. The number of hydrogen-bond donors (Lipinski definition) is 0. The first kappa shape index (κ1) is 6.40. The predicted molar refractivity (Wildman–Crippen MR) is 40.1 cm³/mol. The number of nitrogens with zero attached hydrogens (tertiary/aromatic N) is 1. The Bertz CT molecular complexity index is 104. The molecule has 1 aliphatic rings. The Hall–Kier alpha value is -0.720. The molecular formula is C8H13N. The second-order valence-corrected chi connectivity index (χ2v) is 2.46. The Labute approximate surface area is 56.7 Å². The highest BCUT2D eigenvalue weighted by molar-refractivity contribution is 4.90. The van der Waals surface area contributed by atoms with E-state index in [4.69, 9.17) is 0 Å². The van der Waals surface area contributed by atoms with E-state index in [-0.39, 0.29) is 0 Å². The first-order valence-electron chi connectivity index (χ1n) is 3.36. The molecule has 0 bridgehead atoms. The van der Waals surface area contributed by atoms with Gasteiger partial charge in [0.2, 0.25) is 0 Å². The van der Waals surface area contributed by atoms with E-state index in [1.165, 1.54) is 6.42 Å². The molecule has 1 unspecified atom stereocenters. The Morgan fingerprint density at radius 1 is 1.44 bits per heavy atom. The monoisotopic (exact) mass is 123 g/mol. The zero-order chi connectivity index (χ0) is 6.69. The van der Waals surface area contributed by atoms with E-state index in [9.17, 15) is 0 Å². The van der Waals surface area contributed by atoms with Gasteiger partial charge in [-0.3, -0.25) is 0 Å². The van der Waals surface area contributed by atoms with Crippen LogP contribution in [0.4, 0.5) is 0 Å². The summed E-state index contributed by atoms with van der Waals surface area (Å²) in [5.41, 5.74) is 0. The van der Waals surface area contributed by atoms with Crippen molar-refractivity contribution in [1.82, 2.24) is 4.90 Å². The van der Waals surface area contributed by atoms with Gasteiger partial charge in [-0.25, -0.2) is 0 Å². The van der Waals surface area contributed by atoms with Crippen LogP contribution in [-0.4, -0.2) is 18.0 Å². The van der Waals surface area contributed by atoms with E-state index in [1.54, 1.807) is 0 Å². The largest absolute Gasteiger partial charge is 0.377 e. The van der Waals surface area contributed by atoms with Gasteiger partial charge in [-0.1, -0.05) is 12.7 Å². The lowest BCUT2D eigenvalue weighted by molar-refractivity contribution is 0.458. The molecule has 0 saturated carbocycles. The van der Waals surface area contributed by atoms with Gasteiger partial charge in [0.1, 0.15) is 0 Å². The summed E-state index contributed by atoms with van der Waals surface area (Å²) in [4.78, 5) is 2.23. The fraction of sp³-hybridized carbons (Fsp3) is 0.500. The van der Waals surface area contributed by atoms with Crippen molar-refractivity contribution < 1.29 is 0 Å². The van der Waals surface area contributed by atoms with Gasteiger partial charge in [-0.2, -0.15) is 0 Å². The zero-order valence-corrected chi connectivity index (χ0v) is 5.71. The SMILES string of the molecule is C=CC1CCN(C=C)C1. The lowest BCUT2D eigenvalue weighted by Crippen LogP contribution is -2.11. The van der Waals surface area contributed by atoms with Crippen LogP contribution >= 0.6 is 0 Å². The van der Waals surface area contributed by atoms with Crippen LogP contribution in [0.2, 0.25) is 0 Å². The van der Waals surface area contributed by atoms with E-state index < -0.39 is 0 Å². The van der Waals surface area contributed by atoms with Crippen molar-refractivity contribution in [2.24, 2.45) is 5.92 Å². The molecule has 0 amide bonds. The van der Waals surface area contributed by atoms with E-state index in [1.807, 2.05) is 12.3 Å². The second-order valence-electron chi connectivity index (χ2n) is 2.46. The molecule has 1 atom stereocenters. The molecule has 9 heavy (non-hydrogen) atoms. The number of likely N-dealkylation sites (tertiary alicyclic amines) is 1. The predicted octanol–water partition coefficient (Wildman–Crippen LogP) is 1.64. The van der Waals surface area contributed by atoms with Crippen LogP contribution in [0.3, 0.4) is 0 Å². The van der Waals surface area contributed by atoms with Gasteiger partial charge < -0.3 is 4.90 Å². The van der Waals surface area contributed by atoms with Crippen molar-refractivity contribution in [1.29, 1.82) is 0 Å². The van der Waals surface area contributed by atoms with Crippen molar-refractivity contribution in [3.05, 3.63) is 25.4 Å². The zero-order valence-electron chi connectivity index (χ0n) is 5.71. The van der Waals surface area contributed by atoms with E-state index in [2.05, 4.69) is 18.1 Å². The van der Waals surface area contributed by atoms with Crippen LogP contribution in [0, 0.1) is 5.92 Å². The minimum Gasteiger partial charge on any atom is -0.377 e. The van der Waals surface area contributed by atoms with Crippen LogP contribution in [0.25, 0.3) is 0 Å². The molecule has 1 heterocycles. The van der Waals surface area contributed by atoms with Gasteiger partial charge in [-0.15, -0.1) is 6.58 Å². The molecule has 1 fully saturated rings. The summed E-state index contributed by atoms with van der Waals surface area (Å²) in [6, 6.07) is 0. The van der Waals surface area contributed by atoms with Gasteiger partial charge in [-0.05, 0) is 18.5 Å². The van der Waals surface area contributed by atoms with E-state index in [0.29, 0.717) is 5.92 Å². The summed E-state index contributed by atoms with van der Waals surface area (Å²) in [5, 5.41) is 0. The molecule has 1 heteroatoms. The molecule has 0 spiro atoms. The van der Waals surface area contributed by atoms with Crippen molar-refractivity contribution in [2.75, 3.05) is 13.1 Å². The minimum absolute atomic E-state index is 0.697. The third-order valence-corrected chi connectivity index (χ3v) is 1.85. The standard InChI is InChI=1S/C8H13N/c1-3-8-5-6-9(4-2)7-8/h3-4,8H,1-2,5-7H2. The van der Waals surface area contributed by atoms with E-state index in [0.717, 1.165) is 13.1 Å². The van der Waals surface area contributed by atoms with Crippen LogP contribution in [-0.2, 0) is 0 Å². The molecular weight excluding hydrogens is 110 g/mol. The molecule has 0 aromatic rings. The van der Waals surface area contributed by atoms with Crippen LogP contribution < -0.4 is 0 Å². The summed E-state index contributed by atoms with van der Waals surface area (Å²) in [6.45, 7) is 9.72. The first-order valence-corrected chi connectivity index (χ1v) is 3.36. The third-order valence-electron chi connectivity index (χ3n) is 1.85. The second kappa shape index (κ2) is 2.72. The molecule has 1 rings (SSSR count). The molecule has 0 N–H and O–H groups in total. The lowest BCUT2D eigenvalue weighted by Gasteiger charge is -2.09. The molecule has 0 aromatic carbocycles. The van der Waals surface area contributed by atoms with Gasteiger partial charge in [0.15, 0.2) is 0 Å². The summed E-state index contributed by atoms with van der Waals surface area (Å²) in [7, 11) is 0. The normalized spacial score (nSPS) is 26.2. The molecule has 1 nitrogen and oxygen atoms in total. The summed E-state index contributed by atoms with van der Waals surface area (Å²) >= 11 is 0. The van der Waals surface area contributed by atoms with Gasteiger partial charge in [0.05, 0.1) is 0 Å². The maximum atomic E-state index is 3.75. The van der Waals surface area contributed by atoms with Crippen molar-refractivity contribution in [3.63, 3.8) is 0 Å². The van der Waals surface area contributed by atoms with Gasteiger partial charge in [0.25, 0.3) is 0 Å². The quantitative estimate of drug-likeness (QED) is 0.504. The Balaban J connectivity index is 2.36. The smallest absolute Gasteiger partial charge is 0.0235 e. The molecule has 50 valence electrons. The Morgan fingerprint density at radius 2 is 2.22 bits per heavy atom. The lowest BCUT2D eigenvalue weighted by atomic mass is 10.1. The van der Waals surface area contributed by atoms with E-state index >= 15 is 0 Å². The summed E-state index contributed by atoms with van der Waals surface area (Å²) < 4.78 is 0. The fourth-order valence-corrected chi connectivity index (χ4v) is 1.17. The van der Waals surface area contributed by atoms with Crippen LogP contribution in [0.1, 0.15) is 6.42 Å². The Morgan fingerprint density at radius 3 is 2.56 bits per heavy atom. The molecule has 1 saturated heterocycles. The first-order chi connectivity index (χ1) is 4.36. The van der Waals surface area contributed by atoms with Crippen molar-refractivity contribution in [2.45, 2.75) is 6.42 Å². The topological polar surface area (TPSA) is 3.24 Å². The highest BCUT2D eigenvalue weighted by Gasteiger charge is 2.15. The molecule has 1 aliphatic heterocycles. The highest BCUT2D eigenvalue weighted by Crippen LogP contribution is 2.15. The Kier molecular flexibility index (Phi) is 1.93. The third kappa shape index (κ3) is 1.35. The van der Waals surface area contributed by atoms with Crippen molar-refractivity contribution >= 4 is 0 Å². The van der Waals surface area contributed by atoms with Crippen LogP contribution in [0.5, 0.6) is 0 Å².